The van der Waals surface area contributed by atoms with Gasteiger partial charge in [0.25, 0.3) is 0 Å². The molecule has 2 aromatic carbocycles. The molecule has 0 aliphatic heterocycles. The summed E-state index contributed by atoms with van der Waals surface area (Å²) < 4.78 is 27.7. The van der Waals surface area contributed by atoms with Gasteiger partial charge in [-0.3, -0.25) is 4.79 Å². The van der Waals surface area contributed by atoms with Crippen molar-refractivity contribution in [2.45, 2.75) is 6.92 Å². The van der Waals surface area contributed by atoms with E-state index in [1.54, 1.807) is 12.1 Å². The number of nitrogens with one attached hydrogen (secondary N) is 2. The quantitative estimate of drug-likeness (QED) is 0.868. The number of halogens is 3. The Kier molecular flexibility index (Phi) is 4.90. The fraction of sp³-hybridized carbons (Fsp3) is 0.133. The van der Waals surface area contributed by atoms with Gasteiger partial charge in [0.15, 0.2) is 0 Å². The van der Waals surface area contributed by atoms with Gasteiger partial charge in [-0.05, 0) is 42.8 Å². The first-order valence-electron chi connectivity index (χ1n) is 6.21. The van der Waals surface area contributed by atoms with Gasteiger partial charge in [0.2, 0.25) is 5.91 Å². The third kappa shape index (κ3) is 4.01. The van der Waals surface area contributed by atoms with Crippen LogP contribution in [0.4, 0.5) is 20.2 Å². The number of rotatable bonds is 4. The van der Waals surface area contributed by atoms with Crippen LogP contribution in [0, 0.1) is 18.6 Å². The number of anilines is 2. The van der Waals surface area contributed by atoms with E-state index < -0.39 is 11.6 Å². The Morgan fingerprint density at radius 1 is 1.19 bits per heavy atom. The first kappa shape index (κ1) is 15.4. The van der Waals surface area contributed by atoms with Crippen LogP contribution in [-0.4, -0.2) is 12.5 Å². The molecule has 2 rings (SSSR count). The Balaban J connectivity index is 1.97. The van der Waals surface area contributed by atoms with Gasteiger partial charge in [-0.1, -0.05) is 22.0 Å². The number of benzene rings is 2. The van der Waals surface area contributed by atoms with Crippen molar-refractivity contribution < 1.29 is 13.6 Å². The monoisotopic (exact) mass is 354 g/mol. The number of hydrogen-bond acceptors (Lipinski definition) is 2. The zero-order chi connectivity index (χ0) is 15.4. The minimum Gasteiger partial charge on any atom is -0.371 e. The molecule has 2 N–H and O–H groups in total. The lowest BCUT2D eigenvalue weighted by atomic mass is 10.2. The first-order valence-corrected chi connectivity index (χ1v) is 7.00. The smallest absolute Gasteiger partial charge is 0.243 e. The zero-order valence-corrected chi connectivity index (χ0v) is 12.8. The Bertz CT molecular complexity index is 656. The summed E-state index contributed by atoms with van der Waals surface area (Å²) in [6, 6.07) is 8.86. The first-order chi connectivity index (χ1) is 9.97. The number of carbonyl (C=O) groups is 1. The van der Waals surface area contributed by atoms with Crippen LogP contribution in [0.15, 0.2) is 40.9 Å². The van der Waals surface area contributed by atoms with Crippen molar-refractivity contribution in [3.8, 4) is 0 Å². The molecule has 0 atom stereocenters. The Morgan fingerprint density at radius 2 is 1.86 bits per heavy atom. The highest BCUT2D eigenvalue weighted by Crippen LogP contribution is 2.20. The van der Waals surface area contributed by atoms with Crippen molar-refractivity contribution >= 4 is 33.2 Å². The number of hydrogen-bond donors (Lipinski definition) is 2. The maximum atomic E-state index is 13.4. The van der Waals surface area contributed by atoms with Gasteiger partial charge in [-0.25, -0.2) is 8.78 Å². The average Bonchev–Trinajstić information content (AvgIpc) is 2.42. The summed E-state index contributed by atoms with van der Waals surface area (Å²) in [4.78, 5) is 11.8. The van der Waals surface area contributed by atoms with E-state index in [1.807, 2.05) is 13.0 Å². The molecule has 0 aliphatic carbocycles. The maximum absolute atomic E-state index is 13.4. The molecule has 0 spiro atoms. The van der Waals surface area contributed by atoms with Crippen LogP contribution in [0.5, 0.6) is 0 Å². The lowest BCUT2D eigenvalue weighted by molar-refractivity contribution is -0.114. The molecule has 21 heavy (non-hydrogen) atoms. The molecule has 0 saturated heterocycles. The number of aryl methyl sites for hydroxylation is 1. The molecule has 0 aliphatic rings. The van der Waals surface area contributed by atoms with Crippen molar-refractivity contribution in [3.05, 3.63) is 58.1 Å². The van der Waals surface area contributed by atoms with Gasteiger partial charge >= 0.3 is 0 Å². The highest BCUT2D eigenvalue weighted by atomic mass is 79.9. The third-order valence-electron chi connectivity index (χ3n) is 2.83. The lowest BCUT2D eigenvalue weighted by Crippen LogP contribution is -2.22. The van der Waals surface area contributed by atoms with Crippen LogP contribution in [0.3, 0.4) is 0 Å². The topological polar surface area (TPSA) is 41.1 Å². The van der Waals surface area contributed by atoms with Crippen LogP contribution < -0.4 is 10.6 Å². The van der Waals surface area contributed by atoms with Crippen molar-refractivity contribution in [2.75, 3.05) is 17.2 Å². The van der Waals surface area contributed by atoms with E-state index in [2.05, 4.69) is 26.6 Å². The van der Waals surface area contributed by atoms with E-state index in [0.29, 0.717) is 5.69 Å². The summed E-state index contributed by atoms with van der Waals surface area (Å²) in [5.74, 6) is -1.86. The SMILES string of the molecule is Cc1cc(NC(=O)CNc2c(F)cccc2F)ccc1Br. The van der Waals surface area contributed by atoms with E-state index in [4.69, 9.17) is 0 Å². The summed E-state index contributed by atoms with van der Waals surface area (Å²) in [6.45, 7) is 1.67. The van der Waals surface area contributed by atoms with E-state index >= 15 is 0 Å². The second-order valence-corrected chi connectivity index (χ2v) is 5.32. The predicted octanol–water partition coefficient (Wildman–Crippen LogP) is 4.09. The fourth-order valence-corrected chi connectivity index (χ4v) is 2.01. The van der Waals surface area contributed by atoms with Crippen molar-refractivity contribution in [1.29, 1.82) is 0 Å². The van der Waals surface area contributed by atoms with E-state index in [9.17, 15) is 13.6 Å². The largest absolute Gasteiger partial charge is 0.371 e. The average molecular weight is 355 g/mol. The summed E-state index contributed by atoms with van der Waals surface area (Å²) in [5, 5.41) is 5.11. The Labute approximate surface area is 129 Å². The highest BCUT2D eigenvalue weighted by molar-refractivity contribution is 9.10. The van der Waals surface area contributed by atoms with Gasteiger partial charge in [-0.2, -0.15) is 0 Å². The second-order valence-electron chi connectivity index (χ2n) is 4.46. The molecule has 0 unspecified atom stereocenters. The maximum Gasteiger partial charge on any atom is 0.243 e. The second kappa shape index (κ2) is 6.67. The standard InChI is InChI=1S/C15H13BrF2N2O/c1-9-7-10(5-6-11(9)16)20-14(21)8-19-15-12(17)3-2-4-13(15)18/h2-7,19H,8H2,1H3,(H,20,21). The Morgan fingerprint density at radius 3 is 2.48 bits per heavy atom. The van der Waals surface area contributed by atoms with Crippen LogP contribution in [-0.2, 0) is 4.79 Å². The Hall–Kier alpha value is -1.95. The molecule has 3 nitrogen and oxygen atoms in total. The number of para-hydroxylation sites is 1. The molecule has 110 valence electrons. The van der Waals surface area contributed by atoms with Crippen molar-refractivity contribution in [2.24, 2.45) is 0 Å². The van der Waals surface area contributed by atoms with Gasteiger partial charge in [-0.15, -0.1) is 0 Å². The normalized spacial score (nSPS) is 10.3. The van der Waals surface area contributed by atoms with Crippen LogP contribution in [0.1, 0.15) is 5.56 Å². The van der Waals surface area contributed by atoms with Crippen molar-refractivity contribution in [1.82, 2.24) is 0 Å². The predicted molar refractivity (Wildman–Crippen MR) is 82.4 cm³/mol. The fourth-order valence-electron chi connectivity index (χ4n) is 1.76. The molecule has 6 heteroatoms. The van der Waals surface area contributed by atoms with Gasteiger partial charge in [0.1, 0.15) is 17.3 Å². The molecule has 0 radical (unpaired) electrons. The van der Waals surface area contributed by atoms with Crippen LogP contribution in [0.25, 0.3) is 0 Å². The molecule has 0 bridgehead atoms. The van der Waals surface area contributed by atoms with Gasteiger partial charge < -0.3 is 10.6 Å². The molecule has 0 fully saturated rings. The molecule has 2 aromatic rings. The lowest BCUT2D eigenvalue weighted by Gasteiger charge is -2.10. The zero-order valence-electron chi connectivity index (χ0n) is 11.2. The molecular formula is C15H13BrF2N2O. The summed E-state index contributed by atoms with van der Waals surface area (Å²) in [6.07, 6.45) is 0. The summed E-state index contributed by atoms with van der Waals surface area (Å²) in [7, 11) is 0. The molecule has 0 heterocycles. The molecule has 1 amide bonds. The third-order valence-corrected chi connectivity index (χ3v) is 3.72. The molecular weight excluding hydrogens is 342 g/mol. The highest BCUT2D eigenvalue weighted by Gasteiger charge is 2.10. The van der Waals surface area contributed by atoms with E-state index in [0.717, 1.165) is 22.2 Å². The molecule has 0 saturated carbocycles. The summed E-state index contributed by atoms with van der Waals surface area (Å²) in [5.41, 5.74) is 1.29. The van der Waals surface area contributed by atoms with Crippen molar-refractivity contribution in [3.63, 3.8) is 0 Å². The minimum absolute atomic E-state index is 0.229. The number of amides is 1. The van der Waals surface area contributed by atoms with E-state index in [-0.39, 0.29) is 18.1 Å². The van der Waals surface area contributed by atoms with Gasteiger partial charge in [0, 0.05) is 10.2 Å². The van der Waals surface area contributed by atoms with Gasteiger partial charge in [0.05, 0.1) is 6.54 Å². The summed E-state index contributed by atoms with van der Waals surface area (Å²) >= 11 is 3.36. The minimum atomic E-state index is -0.734. The molecule has 0 aromatic heterocycles. The number of carbonyl (C=O) groups excluding carboxylic acids is 1. The van der Waals surface area contributed by atoms with E-state index in [1.165, 1.54) is 6.07 Å². The van der Waals surface area contributed by atoms with Crippen LogP contribution in [0.2, 0.25) is 0 Å². The van der Waals surface area contributed by atoms with Crippen LogP contribution >= 0.6 is 15.9 Å².